The van der Waals surface area contributed by atoms with E-state index in [0.717, 1.165) is 0 Å². The number of halogens is 4. The molecule has 6 nitrogen and oxygen atoms in total. The van der Waals surface area contributed by atoms with E-state index in [2.05, 4.69) is 19.6 Å². The van der Waals surface area contributed by atoms with Gasteiger partial charge in [-0.3, -0.25) is 4.79 Å². The molecule has 134 valence electrons. The molecule has 0 N–H and O–H groups in total. The van der Waals surface area contributed by atoms with Crippen LogP contribution < -0.4 is 4.74 Å². The van der Waals surface area contributed by atoms with Crippen LogP contribution in [0.15, 0.2) is 47.1 Å². The number of alkyl halides is 3. The molecule has 26 heavy (non-hydrogen) atoms. The summed E-state index contributed by atoms with van der Waals surface area (Å²) in [6.45, 7) is -0.273. The summed E-state index contributed by atoms with van der Waals surface area (Å²) in [5.41, 5.74) is 0.574. The van der Waals surface area contributed by atoms with Gasteiger partial charge in [-0.2, -0.15) is 18.2 Å². The van der Waals surface area contributed by atoms with Crippen molar-refractivity contribution < 1.29 is 27.2 Å². The monoisotopic (exact) mass is 383 g/mol. The molecule has 0 fully saturated rings. The van der Waals surface area contributed by atoms with E-state index in [9.17, 15) is 18.0 Å². The Bertz CT molecular complexity index is 926. The molecular weight excluding hydrogens is 375 g/mol. The Morgan fingerprint density at radius 2 is 1.92 bits per heavy atom. The first kappa shape index (κ1) is 17.9. The van der Waals surface area contributed by atoms with Crippen LogP contribution in [0, 0.1) is 0 Å². The number of rotatable bonds is 5. The maximum Gasteiger partial charge on any atom is 0.471 e. The minimum absolute atomic E-state index is 0.133. The van der Waals surface area contributed by atoms with Crippen LogP contribution in [0.25, 0.3) is 11.4 Å². The van der Waals surface area contributed by atoms with Gasteiger partial charge >= 0.3 is 12.1 Å². The Morgan fingerprint density at radius 3 is 2.54 bits per heavy atom. The third-order valence-corrected chi connectivity index (χ3v) is 3.50. The zero-order valence-corrected chi connectivity index (χ0v) is 13.6. The molecule has 0 aliphatic rings. The van der Waals surface area contributed by atoms with Crippen molar-refractivity contribution in [1.29, 1.82) is 0 Å². The lowest BCUT2D eigenvalue weighted by Gasteiger charge is -2.06. The summed E-state index contributed by atoms with van der Waals surface area (Å²) in [5, 5.41) is 3.41. The van der Waals surface area contributed by atoms with E-state index in [4.69, 9.17) is 16.3 Å². The maximum atomic E-state index is 12.5. The maximum absolute atomic E-state index is 12.5. The van der Waals surface area contributed by atoms with Gasteiger partial charge in [0.1, 0.15) is 0 Å². The number of Topliss-reactive ketones (excluding diaryl/α,β-unsaturated/α-hetero) is 1. The number of carbonyl (C=O) groups excluding carboxylic acids is 1. The first-order valence-corrected chi connectivity index (χ1v) is 7.50. The number of hydrogen-bond acceptors (Lipinski definition) is 6. The summed E-state index contributed by atoms with van der Waals surface area (Å²) in [5.74, 6) is -1.74. The van der Waals surface area contributed by atoms with Crippen molar-refractivity contribution in [3.63, 3.8) is 0 Å². The number of aromatic nitrogens is 3. The van der Waals surface area contributed by atoms with Gasteiger partial charge in [0.05, 0.1) is 0 Å². The second-order valence-electron chi connectivity index (χ2n) is 5.00. The van der Waals surface area contributed by atoms with Crippen LogP contribution >= 0.6 is 11.6 Å². The number of ketones is 1. The molecule has 3 aromatic rings. The predicted molar refractivity (Wildman–Crippen MR) is 83.8 cm³/mol. The second kappa shape index (κ2) is 7.12. The van der Waals surface area contributed by atoms with Crippen molar-refractivity contribution in [3.05, 3.63) is 59.2 Å². The minimum atomic E-state index is -4.72. The van der Waals surface area contributed by atoms with Crippen molar-refractivity contribution in [2.45, 2.75) is 6.18 Å². The van der Waals surface area contributed by atoms with Crippen molar-refractivity contribution in [2.75, 3.05) is 6.61 Å². The smallest absolute Gasteiger partial charge is 0.471 e. The number of ether oxygens (including phenoxy) is 1. The van der Waals surface area contributed by atoms with Crippen LogP contribution in [-0.4, -0.2) is 27.5 Å². The lowest BCUT2D eigenvalue weighted by atomic mass is 10.1. The number of benzene rings is 1. The average molecular weight is 384 g/mol. The molecule has 0 atom stereocenters. The van der Waals surface area contributed by atoms with Crippen LogP contribution in [0.5, 0.6) is 5.75 Å². The Balaban J connectivity index is 1.68. The Kier molecular flexibility index (Phi) is 4.90. The molecule has 10 heteroatoms. The van der Waals surface area contributed by atoms with Gasteiger partial charge in [-0.15, -0.1) is 0 Å². The van der Waals surface area contributed by atoms with E-state index in [1.165, 1.54) is 30.5 Å². The standard InChI is InChI=1S/C16H9ClF3N3O3/c17-13-12(2-1-7-21-13)25-8-11(24)9-3-5-10(6-4-9)14-22-15(26-23-14)16(18,19)20/h1-7H,8H2. The molecule has 0 saturated carbocycles. The van der Waals surface area contributed by atoms with Crippen LogP contribution in [-0.2, 0) is 6.18 Å². The van der Waals surface area contributed by atoms with Crippen LogP contribution in [0.3, 0.4) is 0 Å². The number of pyridine rings is 1. The van der Waals surface area contributed by atoms with E-state index in [-0.39, 0.29) is 34.7 Å². The lowest BCUT2D eigenvalue weighted by molar-refractivity contribution is -0.159. The quantitative estimate of drug-likeness (QED) is 0.488. The fourth-order valence-corrected chi connectivity index (χ4v) is 2.14. The molecule has 0 radical (unpaired) electrons. The number of nitrogens with zero attached hydrogens (tertiary/aromatic N) is 3. The van der Waals surface area contributed by atoms with E-state index in [0.29, 0.717) is 5.56 Å². The summed E-state index contributed by atoms with van der Waals surface area (Å²) in [7, 11) is 0. The van der Waals surface area contributed by atoms with E-state index in [1.54, 1.807) is 12.1 Å². The van der Waals surface area contributed by atoms with Gasteiger partial charge in [-0.05, 0) is 12.1 Å². The minimum Gasteiger partial charge on any atom is -0.482 e. The van der Waals surface area contributed by atoms with E-state index < -0.39 is 12.1 Å². The third-order valence-electron chi connectivity index (χ3n) is 3.22. The molecule has 0 amide bonds. The van der Waals surface area contributed by atoms with Gasteiger partial charge in [0, 0.05) is 17.3 Å². The molecule has 0 spiro atoms. The third kappa shape index (κ3) is 3.99. The van der Waals surface area contributed by atoms with E-state index >= 15 is 0 Å². The normalized spacial score (nSPS) is 11.4. The number of hydrogen-bond donors (Lipinski definition) is 0. The Morgan fingerprint density at radius 1 is 1.19 bits per heavy atom. The highest BCUT2D eigenvalue weighted by molar-refractivity contribution is 6.30. The summed E-state index contributed by atoms with van der Waals surface area (Å²) < 4.78 is 46.9. The second-order valence-corrected chi connectivity index (χ2v) is 5.36. The van der Waals surface area contributed by atoms with Gasteiger partial charge in [-0.1, -0.05) is 41.0 Å². The summed E-state index contributed by atoms with van der Waals surface area (Å²) in [6.07, 6.45) is -3.23. The molecule has 0 aliphatic carbocycles. The molecular formula is C16H9ClF3N3O3. The topological polar surface area (TPSA) is 78.1 Å². The van der Waals surface area contributed by atoms with Crippen molar-refractivity contribution >= 4 is 17.4 Å². The first-order valence-electron chi connectivity index (χ1n) is 7.12. The van der Waals surface area contributed by atoms with Crippen molar-refractivity contribution in [2.24, 2.45) is 0 Å². The van der Waals surface area contributed by atoms with E-state index in [1.807, 2.05) is 0 Å². The van der Waals surface area contributed by atoms with Crippen molar-refractivity contribution in [3.8, 4) is 17.1 Å². The van der Waals surface area contributed by atoms with Crippen molar-refractivity contribution in [1.82, 2.24) is 15.1 Å². The van der Waals surface area contributed by atoms with Crippen LogP contribution in [0.1, 0.15) is 16.2 Å². The molecule has 1 aromatic carbocycles. The molecule has 3 rings (SSSR count). The van der Waals surface area contributed by atoms with Gasteiger partial charge in [0.15, 0.2) is 23.3 Å². The predicted octanol–water partition coefficient (Wildman–Crippen LogP) is 4.07. The SMILES string of the molecule is O=C(COc1cccnc1Cl)c1ccc(-c2noc(C(F)(F)F)n2)cc1. The van der Waals surface area contributed by atoms with Gasteiger partial charge in [-0.25, -0.2) is 4.98 Å². The zero-order chi connectivity index (χ0) is 18.7. The number of carbonyl (C=O) groups is 1. The zero-order valence-electron chi connectivity index (χ0n) is 12.8. The molecule has 0 aliphatic heterocycles. The molecule has 0 unspecified atom stereocenters. The van der Waals surface area contributed by atoms with Gasteiger partial charge in [0.25, 0.3) is 0 Å². The first-order chi connectivity index (χ1) is 12.3. The summed E-state index contributed by atoms with van der Waals surface area (Å²) in [6, 6.07) is 8.86. The highest BCUT2D eigenvalue weighted by atomic mass is 35.5. The molecule has 2 heterocycles. The van der Waals surface area contributed by atoms with Crippen LogP contribution in [0.2, 0.25) is 5.15 Å². The molecule has 0 bridgehead atoms. The largest absolute Gasteiger partial charge is 0.482 e. The summed E-state index contributed by atoms with van der Waals surface area (Å²) in [4.78, 5) is 19.2. The highest BCUT2D eigenvalue weighted by Gasteiger charge is 2.38. The van der Waals surface area contributed by atoms with Gasteiger partial charge in [0.2, 0.25) is 5.82 Å². The average Bonchev–Trinajstić information content (AvgIpc) is 3.11. The summed E-state index contributed by atoms with van der Waals surface area (Å²) >= 11 is 5.83. The lowest BCUT2D eigenvalue weighted by Crippen LogP contribution is -2.11. The van der Waals surface area contributed by atoms with Gasteiger partial charge < -0.3 is 9.26 Å². The Labute approximate surface area is 149 Å². The Hall–Kier alpha value is -2.94. The fourth-order valence-electron chi connectivity index (χ4n) is 1.97. The molecule has 0 saturated heterocycles. The highest BCUT2D eigenvalue weighted by Crippen LogP contribution is 2.29. The fraction of sp³-hybridized carbons (Fsp3) is 0.125. The molecule has 2 aromatic heterocycles. The van der Waals surface area contributed by atoms with Crippen LogP contribution in [0.4, 0.5) is 13.2 Å².